The zero-order valence-corrected chi connectivity index (χ0v) is 11.8. The first-order chi connectivity index (χ1) is 8.44. The first kappa shape index (κ1) is 14.8. The maximum atomic E-state index is 11.7. The summed E-state index contributed by atoms with van der Waals surface area (Å²) in [6.45, 7) is 6.09. The van der Waals surface area contributed by atoms with E-state index in [2.05, 4.69) is 9.44 Å². The number of hydrogen-bond acceptors (Lipinski definition) is 3. The van der Waals surface area contributed by atoms with Gasteiger partial charge in [-0.1, -0.05) is 19.1 Å². The lowest BCUT2D eigenvalue weighted by Crippen LogP contribution is -2.30. The van der Waals surface area contributed by atoms with E-state index in [1.807, 2.05) is 20.8 Å². The summed E-state index contributed by atoms with van der Waals surface area (Å²) >= 11 is 0. The van der Waals surface area contributed by atoms with Crippen molar-refractivity contribution in [3.05, 3.63) is 24.3 Å². The highest BCUT2D eigenvalue weighted by Gasteiger charge is 2.12. The molecule has 0 aliphatic rings. The molecule has 0 bridgehead atoms. The zero-order chi connectivity index (χ0) is 13.6. The molecule has 0 spiro atoms. The maximum absolute atomic E-state index is 11.7. The summed E-state index contributed by atoms with van der Waals surface area (Å²) in [6.07, 6.45) is 0.727. The predicted octanol–water partition coefficient (Wildman–Crippen LogP) is 2.13. The normalized spacial score (nSPS) is 11.6. The molecule has 1 aromatic rings. The maximum Gasteiger partial charge on any atom is 0.299 e. The van der Waals surface area contributed by atoms with E-state index in [1.54, 1.807) is 24.3 Å². The molecule has 1 aromatic carbocycles. The Hall–Kier alpha value is -1.27. The summed E-state index contributed by atoms with van der Waals surface area (Å²) in [5.41, 5.74) is 0.440. The van der Waals surface area contributed by atoms with Gasteiger partial charge in [-0.15, -0.1) is 0 Å². The first-order valence-electron chi connectivity index (χ1n) is 5.97. The average Bonchev–Trinajstić information content (AvgIpc) is 2.28. The average molecular weight is 272 g/mol. The minimum absolute atomic E-state index is 0.0146. The molecule has 0 heterocycles. The van der Waals surface area contributed by atoms with Crippen LogP contribution in [0, 0.1) is 0 Å². The van der Waals surface area contributed by atoms with Crippen LogP contribution in [0.25, 0.3) is 0 Å². The van der Waals surface area contributed by atoms with Crippen LogP contribution in [0.4, 0.5) is 5.69 Å². The highest BCUT2D eigenvalue weighted by molar-refractivity contribution is 7.90. The van der Waals surface area contributed by atoms with Crippen molar-refractivity contribution < 1.29 is 13.2 Å². The van der Waals surface area contributed by atoms with Crippen LogP contribution in [0.5, 0.6) is 5.75 Å². The second-order valence-electron chi connectivity index (χ2n) is 4.16. The molecule has 0 unspecified atom stereocenters. The van der Waals surface area contributed by atoms with Crippen LogP contribution in [0.15, 0.2) is 24.3 Å². The van der Waals surface area contributed by atoms with Gasteiger partial charge in [0.2, 0.25) is 0 Å². The lowest BCUT2D eigenvalue weighted by atomic mass is 10.3. The minimum Gasteiger partial charge on any atom is -0.489 e. The molecule has 0 atom stereocenters. The molecule has 0 fully saturated rings. The third-order valence-corrected chi connectivity index (χ3v) is 3.11. The van der Waals surface area contributed by atoms with E-state index in [4.69, 9.17) is 4.74 Å². The molecule has 5 nitrogen and oxygen atoms in total. The Kier molecular flexibility index (Phi) is 5.43. The van der Waals surface area contributed by atoms with E-state index in [1.165, 1.54) is 0 Å². The van der Waals surface area contributed by atoms with E-state index < -0.39 is 10.2 Å². The molecule has 2 N–H and O–H groups in total. The summed E-state index contributed by atoms with van der Waals surface area (Å²) < 4.78 is 33.9. The molecule has 102 valence electrons. The number of nitrogens with one attached hydrogen (secondary N) is 2. The molecule has 0 aromatic heterocycles. The van der Waals surface area contributed by atoms with Gasteiger partial charge in [-0.05, 0) is 32.4 Å². The predicted molar refractivity (Wildman–Crippen MR) is 73.0 cm³/mol. The molecule has 0 radical (unpaired) electrons. The minimum atomic E-state index is -3.54. The van der Waals surface area contributed by atoms with E-state index in [0.29, 0.717) is 18.0 Å². The van der Waals surface area contributed by atoms with Gasteiger partial charge in [0, 0.05) is 6.54 Å². The van der Waals surface area contributed by atoms with Gasteiger partial charge in [-0.25, -0.2) is 0 Å². The van der Waals surface area contributed by atoms with Crippen LogP contribution in [-0.2, 0) is 10.2 Å². The van der Waals surface area contributed by atoms with E-state index in [9.17, 15) is 8.42 Å². The lowest BCUT2D eigenvalue weighted by molar-refractivity contribution is 0.244. The lowest BCUT2D eigenvalue weighted by Gasteiger charge is -2.15. The van der Waals surface area contributed by atoms with Gasteiger partial charge in [0.25, 0.3) is 10.2 Å². The van der Waals surface area contributed by atoms with Crippen molar-refractivity contribution >= 4 is 15.9 Å². The Morgan fingerprint density at radius 3 is 2.56 bits per heavy atom. The number of benzene rings is 1. The van der Waals surface area contributed by atoms with E-state index >= 15 is 0 Å². The van der Waals surface area contributed by atoms with Gasteiger partial charge in [-0.2, -0.15) is 13.1 Å². The monoisotopic (exact) mass is 272 g/mol. The molecule has 1 rings (SSSR count). The van der Waals surface area contributed by atoms with Crippen LogP contribution in [0.1, 0.15) is 27.2 Å². The fourth-order valence-electron chi connectivity index (χ4n) is 1.32. The quantitative estimate of drug-likeness (QED) is 0.799. The van der Waals surface area contributed by atoms with Crippen molar-refractivity contribution in [3.8, 4) is 5.75 Å². The van der Waals surface area contributed by atoms with Crippen molar-refractivity contribution in [2.45, 2.75) is 33.3 Å². The zero-order valence-electron chi connectivity index (χ0n) is 10.9. The summed E-state index contributed by atoms with van der Waals surface area (Å²) in [5, 5.41) is 0. The fraction of sp³-hybridized carbons (Fsp3) is 0.500. The van der Waals surface area contributed by atoms with Crippen molar-refractivity contribution in [2.75, 3.05) is 11.3 Å². The number of anilines is 1. The van der Waals surface area contributed by atoms with Crippen LogP contribution < -0.4 is 14.2 Å². The highest BCUT2D eigenvalue weighted by atomic mass is 32.2. The summed E-state index contributed by atoms with van der Waals surface area (Å²) in [4.78, 5) is 0. The van der Waals surface area contributed by atoms with Crippen molar-refractivity contribution in [2.24, 2.45) is 0 Å². The second kappa shape index (κ2) is 6.61. The largest absolute Gasteiger partial charge is 0.489 e. The van der Waals surface area contributed by atoms with Gasteiger partial charge in [0.15, 0.2) is 0 Å². The summed E-state index contributed by atoms with van der Waals surface area (Å²) in [7, 11) is -3.54. The number of hydrogen-bond donors (Lipinski definition) is 2. The van der Waals surface area contributed by atoms with E-state index in [0.717, 1.165) is 6.42 Å². The molecule has 0 saturated heterocycles. The Morgan fingerprint density at radius 1 is 1.28 bits per heavy atom. The van der Waals surface area contributed by atoms with E-state index in [-0.39, 0.29) is 6.10 Å². The SMILES string of the molecule is CCCNS(=O)(=O)Nc1ccccc1OC(C)C. The molecule has 6 heteroatoms. The third-order valence-electron chi connectivity index (χ3n) is 2.04. The van der Waals surface area contributed by atoms with Crippen LogP contribution >= 0.6 is 0 Å². The Bertz CT molecular complexity index is 472. The van der Waals surface area contributed by atoms with Gasteiger partial charge in [-0.3, -0.25) is 4.72 Å². The molecule has 0 amide bonds. The van der Waals surface area contributed by atoms with Crippen molar-refractivity contribution in [1.82, 2.24) is 4.72 Å². The topological polar surface area (TPSA) is 67.4 Å². The number of ether oxygens (including phenoxy) is 1. The standard InChI is InChI=1S/C12H20N2O3S/c1-4-9-13-18(15,16)14-11-7-5-6-8-12(11)17-10(2)3/h5-8,10,13-14H,4,9H2,1-3H3. The van der Waals surface area contributed by atoms with Gasteiger partial charge in [0.1, 0.15) is 5.75 Å². The van der Waals surface area contributed by atoms with Crippen molar-refractivity contribution in [1.29, 1.82) is 0 Å². The molecular weight excluding hydrogens is 252 g/mol. The molecular formula is C12H20N2O3S. The molecule has 0 aliphatic heterocycles. The smallest absolute Gasteiger partial charge is 0.299 e. The Morgan fingerprint density at radius 2 is 1.94 bits per heavy atom. The fourth-order valence-corrected chi connectivity index (χ4v) is 2.33. The second-order valence-corrected chi connectivity index (χ2v) is 5.66. The number of rotatable bonds is 7. The number of para-hydroxylation sites is 2. The summed E-state index contributed by atoms with van der Waals surface area (Å²) in [5.74, 6) is 0.523. The van der Waals surface area contributed by atoms with Crippen LogP contribution in [0.2, 0.25) is 0 Å². The van der Waals surface area contributed by atoms with Gasteiger partial charge >= 0.3 is 0 Å². The highest BCUT2D eigenvalue weighted by Crippen LogP contribution is 2.25. The van der Waals surface area contributed by atoms with Gasteiger partial charge in [0.05, 0.1) is 11.8 Å². The van der Waals surface area contributed by atoms with Crippen LogP contribution in [0.3, 0.4) is 0 Å². The Balaban J connectivity index is 2.83. The first-order valence-corrected chi connectivity index (χ1v) is 7.46. The third kappa shape index (κ3) is 4.93. The van der Waals surface area contributed by atoms with Crippen molar-refractivity contribution in [3.63, 3.8) is 0 Å². The van der Waals surface area contributed by atoms with Gasteiger partial charge < -0.3 is 4.74 Å². The Labute approximate surface area is 109 Å². The molecule has 0 aliphatic carbocycles. The molecule has 18 heavy (non-hydrogen) atoms. The van der Waals surface area contributed by atoms with Crippen LogP contribution in [-0.4, -0.2) is 21.1 Å². The molecule has 0 saturated carbocycles. The summed E-state index contributed by atoms with van der Waals surface area (Å²) in [6, 6.07) is 6.96.